The fourth-order valence-electron chi connectivity index (χ4n) is 1.77. The van der Waals surface area contributed by atoms with E-state index in [2.05, 4.69) is 5.10 Å². The molecule has 0 fully saturated rings. The first-order valence-corrected chi connectivity index (χ1v) is 6.31. The number of rotatable bonds is 3. The van der Waals surface area contributed by atoms with Crippen molar-refractivity contribution < 1.29 is 14.2 Å². The van der Waals surface area contributed by atoms with Crippen LogP contribution in [-0.2, 0) is 7.05 Å². The summed E-state index contributed by atoms with van der Waals surface area (Å²) in [6.07, 6.45) is 0.634. The topological polar surface area (TPSA) is 47.3 Å². The monoisotopic (exact) mass is 362 g/mol. The second-order valence-electron chi connectivity index (χ2n) is 3.79. The Bertz CT molecular complexity index is 571. The molecule has 0 bridgehead atoms. The summed E-state index contributed by atoms with van der Waals surface area (Å²) in [4.78, 5) is 0. The summed E-state index contributed by atoms with van der Waals surface area (Å²) in [5.74, 6) is 0.178. The van der Waals surface area contributed by atoms with Gasteiger partial charge >= 0.3 is 0 Å². The molecule has 2 aromatic rings. The Labute approximate surface area is 118 Å². The first-order chi connectivity index (χ1) is 8.54. The zero-order chi connectivity index (χ0) is 13.3. The van der Waals surface area contributed by atoms with E-state index in [1.165, 1.54) is 25.4 Å². The first kappa shape index (κ1) is 13.3. The molecule has 0 saturated heterocycles. The van der Waals surface area contributed by atoms with Crippen molar-refractivity contribution in [1.82, 2.24) is 9.78 Å². The van der Waals surface area contributed by atoms with E-state index >= 15 is 0 Å². The maximum absolute atomic E-state index is 13.0. The molecule has 0 aliphatic carbocycles. The molecule has 1 atom stereocenters. The predicted octanol–water partition coefficient (Wildman–Crippen LogP) is 2.25. The highest BCUT2D eigenvalue weighted by Crippen LogP contribution is 2.31. The summed E-state index contributed by atoms with van der Waals surface area (Å²) in [7, 11) is 3.24. The number of hydrogen-bond donors (Lipinski definition) is 1. The summed E-state index contributed by atoms with van der Waals surface area (Å²) >= 11 is 1.99. The Morgan fingerprint density at radius 1 is 1.50 bits per heavy atom. The molecule has 1 aromatic carbocycles. The number of hydrogen-bond acceptors (Lipinski definition) is 3. The number of benzene rings is 1. The molecule has 4 nitrogen and oxygen atoms in total. The van der Waals surface area contributed by atoms with Gasteiger partial charge in [0.25, 0.3) is 0 Å². The standard InChI is InChI=1S/C12H12FIN2O2/c1-16-11(10(18-2)6-15-16)12(17)8-4-3-7(13)5-9(8)14/h3-6,12,17H,1-2H3. The molecule has 1 heterocycles. The van der Waals surface area contributed by atoms with E-state index in [9.17, 15) is 9.50 Å². The van der Waals surface area contributed by atoms with Crippen LogP contribution in [0.2, 0.25) is 0 Å². The van der Waals surface area contributed by atoms with E-state index in [1.807, 2.05) is 22.6 Å². The van der Waals surface area contributed by atoms with Crippen molar-refractivity contribution in [3.63, 3.8) is 0 Å². The fraction of sp³-hybridized carbons (Fsp3) is 0.250. The summed E-state index contributed by atoms with van der Waals surface area (Å²) in [5, 5.41) is 14.4. The summed E-state index contributed by atoms with van der Waals surface area (Å²) < 4.78 is 20.4. The molecular weight excluding hydrogens is 350 g/mol. The molecule has 0 aliphatic rings. The van der Waals surface area contributed by atoms with Crippen LogP contribution in [0.3, 0.4) is 0 Å². The van der Waals surface area contributed by atoms with Gasteiger partial charge in [-0.15, -0.1) is 0 Å². The molecular formula is C12H12FIN2O2. The lowest BCUT2D eigenvalue weighted by molar-refractivity contribution is 0.203. The third kappa shape index (κ3) is 2.35. The molecule has 1 aromatic heterocycles. The fourth-order valence-corrected chi connectivity index (χ4v) is 2.54. The van der Waals surface area contributed by atoms with Crippen LogP contribution < -0.4 is 4.74 Å². The Kier molecular flexibility index (Phi) is 3.86. The van der Waals surface area contributed by atoms with Gasteiger partial charge in [-0.2, -0.15) is 5.10 Å². The first-order valence-electron chi connectivity index (χ1n) is 5.23. The number of aryl methyl sites for hydroxylation is 1. The Balaban J connectivity index is 2.47. The van der Waals surface area contributed by atoms with Crippen molar-refractivity contribution in [1.29, 1.82) is 0 Å². The zero-order valence-electron chi connectivity index (χ0n) is 9.89. The Morgan fingerprint density at radius 3 is 2.83 bits per heavy atom. The minimum absolute atomic E-state index is 0.327. The predicted molar refractivity (Wildman–Crippen MR) is 72.9 cm³/mol. The van der Waals surface area contributed by atoms with Gasteiger partial charge in [0.15, 0.2) is 5.75 Å². The van der Waals surface area contributed by atoms with Crippen LogP contribution in [0.25, 0.3) is 0 Å². The van der Waals surface area contributed by atoms with Crippen LogP contribution in [0.1, 0.15) is 17.4 Å². The Hall–Kier alpha value is -1.15. The molecule has 18 heavy (non-hydrogen) atoms. The summed E-state index contributed by atoms with van der Waals surface area (Å²) in [5.41, 5.74) is 1.17. The van der Waals surface area contributed by atoms with Crippen LogP contribution >= 0.6 is 22.6 Å². The van der Waals surface area contributed by atoms with Crippen LogP contribution in [0, 0.1) is 9.39 Å². The van der Waals surface area contributed by atoms with Crippen LogP contribution in [-0.4, -0.2) is 22.0 Å². The largest absolute Gasteiger partial charge is 0.493 e. The molecule has 0 spiro atoms. The Morgan fingerprint density at radius 2 is 2.22 bits per heavy atom. The molecule has 96 valence electrons. The number of aliphatic hydroxyl groups is 1. The zero-order valence-corrected chi connectivity index (χ0v) is 12.1. The van der Waals surface area contributed by atoms with Gasteiger partial charge in [-0.25, -0.2) is 4.39 Å². The highest BCUT2D eigenvalue weighted by Gasteiger charge is 2.22. The van der Waals surface area contributed by atoms with Gasteiger partial charge < -0.3 is 9.84 Å². The average Bonchev–Trinajstić information content (AvgIpc) is 2.69. The number of halogens is 2. The number of aliphatic hydroxyl groups excluding tert-OH is 1. The lowest BCUT2D eigenvalue weighted by Crippen LogP contribution is -2.09. The third-order valence-electron chi connectivity index (χ3n) is 2.69. The normalized spacial score (nSPS) is 12.5. The maximum atomic E-state index is 13.0. The van der Waals surface area contributed by atoms with Crippen LogP contribution in [0.15, 0.2) is 24.4 Å². The lowest BCUT2D eigenvalue weighted by Gasteiger charge is -2.15. The quantitative estimate of drug-likeness (QED) is 0.853. The smallest absolute Gasteiger partial charge is 0.162 e. The van der Waals surface area contributed by atoms with Crippen LogP contribution in [0.5, 0.6) is 5.75 Å². The van der Waals surface area contributed by atoms with Gasteiger partial charge in [0.1, 0.15) is 17.6 Å². The maximum Gasteiger partial charge on any atom is 0.162 e. The molecule has 1 N–H and O–H groups in total. The summed E-state index contributed by atoms with van der Waals surface area (Å²) in [6.45, 7) is 0. The number of ether oxygens (including phenoxy) is 1. The third-order valence-corrected chi connectivity index (χ3v) is 3.62. The van der Waals surface area contributed by atoms with E-state index in [-0.39, 0.29) is 5.82 Å². The van der Waals surface area contributed by atoms with Gasteiger partial charge in [-0.3, -0.25) is 4.68 Å². The number of nitrogens with zero attached hydrogens (tertiary/aromatic N) is 2. The molecule has 2 rings (SSSR count). The molecule has 0 radical (unpaired) electrons. The minimum atomic E-state index is -0.903. The minimum Gasteiger partial charge on any atom is -0.493 e. The molecule has 6 heteroatoms. The van der Waals surface area contributed by atoms with Gasteiger partial charge in [-0.1, -0.05) is 6.07 Å². The molecule has 0 amide bonds. The molecule has 0 saturated carbocycles. The van der Waals surface area contributed by atoms with Crippen LogP contribution in [0.4, 0.5) is 4.39 Å². The number of methoxy groups -OCH3 is 1. The second kappa shape index (κ2) is 5.23. The van der Waals surface area contributed by atoms with E-state index in [4.69, 9.17) is 4.74 Å². The average molecular weight is 362 g/mol. The van der Waals surface area contributed by atoms with Gasteiger partial charge in [-0.05, 0) is 34.7 Å². The van der Waals surface area contributed by atoms with E-state index in [1.54, 1.807) is 17.8 Å². The molecule has 0 aliphatic heterocycles. The second-order valence-corrected chi connectivity index (χ2v) is 4.95. The van der Waals surface area contributed by atoms with E-state index in [0.717, 1.165) is 0 Å². The van der Waals surface area contributed by atoms with Crippen molar-refractivity contribution in [2.45, 2.75) is 6.10 Å². The highest BCUT2D eigenvalue weighted by atomic mass is 127. The lowest BCUT2D eigenvalue weighted by atomic mass is 10.1. The van der Waals surface area contributed by atoms with Gasteiger partial charge in [0, 0.05) is 16.2 Å². The van der Waals surface area contributed by atoms with Gasteiger partial charge in [0.2, 0.25) is 0 Å². The van der Waals surface area contributed by atoms with Crippen molar-refractivity contribution in [3.05, 3.63) is 45.0 Å². The van der Waals surface area contributed by atoms with E-state index in [0.29, 0.717) is 20.6 Å². The number of aromatic nitrogens is 2. The molecule has 1 unspecified atom stereocenters. The SMILES string of the molecule is COc1cnn(C)c1C(O)c1ccc(F)cc1I. The van der Waals surface area contributed by atoms with Crippen molar-refractivity contribution in [3.8, 4) is 5.75 Å². The van der Waals surface area contributed by atoms with Gasteiger partial charge in [0.05, 0.1) is 13.3 Å². The van der Waals surface area contributed by atoms with Crippen molar-refractivity contribution in [2.75, 3.05) is 7.11 Å². The van der Waals surface area contributed by atoms with Crippen molar-refractivity contribution >= 4 is 22.6 Å². The van der Waals surface area contributed by atoms with Crippen molar-refractivity contribution in [2.24, 2.45) is 7.05 Å². The highest BCUT2D eigenvalue weighted by molar-refractivity contribution is 14.1. The van der Waals surface area contributed by atoms with E-state index < -0.39 is 6.10 Å². The summed E-state index contributed by atoms with van der Waals surface area (Å²) in [6, 6.07) is 4.26.